The van der Waals surface area contributed by atoms with Crippen LogP contribution in [0.2, 0.25) is 5.02 Å². The summed E-state index contributed by atoms with van der Waals surface area (Å²) in [5, 5.41) is 2.69. The average Bonchev–Trinajstić information content (AvgIpc) is 3.27. The Labute approximate surface area is 204 Å². The molecule has 2 aromatic carbocycles. The normalized spacial score (nSPS) is 15.4. The van der Waals surface area contributed by atoms with Crippen molar-refractivity contribution < 1.29 is 9.59 Å². The maximum absolute atomic E-state index is 13.7. The van der Waals surface area contributed by atoms with Crippen molar-refractivity contribution in [3.8, 4) is 0 Å². The van der Waals surface area contributed by atoms with Crippen LogP contribution in [-0.4, -0.2) is 41.2 Å². The lowest BCUT2D eigenvalue weighted by Crippen LogP contribution is -2.47. The summed E-state index contributed by atoms with van der Waals surface area (Å²) < 4.78 is 0. The number of nitrogens with zero attached hydrogens (tertiary/aromatic N) is 2. The van der Waals surface area contributed by atoms with Crippen LogP contribution >= 0.6 is 22.9 Å². The number of hydrogen-bond donors (Lipinski definition) is 0. The standard InChI is InChI=1S/C27H29ClN2O2S/c1-18(2)16-29(27(32)21-8-10-22(28)11-9-21)17-25(31)30-14-12-24-23(13-15-33-24)26(30)20-6-4-19(3)5-7-20/h4-11,13,15,18,26H,12,14,16-17H2,1-3H3. The van der Waals surface area contributed by atoms with Crippen LogP contribution in [-0.2, 0) is 11.2 Å². The highest BCUT2D eigenvalue weighted by atomic mass is 35.5. The van der Waals surface area contributed by atoms with E-state index in [0.29, 0.717) is 23.7 Å². The van der Waals surface area contributed by atoms with Crippen molar-refractivity contribution in [3.05, 3.63) is 92.1 Å². The van der Waals surface area contributed by atoms with Gasteiger partial charge in [-0.1, -0.05) is 55.3 Å². The molecule has 0 bridgehead atoms. The average molecular weight is 481 g/mol. The lowest BCUT2D eigenvalue weighted by molar-refractivity contribution is -0.134. The van der Waals surface area contributed by atoms with Crippen molar-refractivity contribution in [1.82, 2.24) is 9.80 Å². The smallest absolute Gasteiger partial charge is 0.254 e. The van der Waals surface area contributed by atoms with E-state index >= 15 is 0 Å². The first-order valence-corrected chi connectivity index (χ1v) is 12.6. The van der Waals surface area contributed by atoms with Crippen molar-refractivity contribution in [2.45, 2.75) is 33.2 Å². The Bertz CT molecular complexity index is 1120. The first kappa shape index (κ1) is 23.5. The third-order valence-corrected chi connectivity index (χ3v) is 7.22. The lowest BCUT2D eigenvalue weighted by Gasteiger charge is -2.38. The number of carbonyl (C=O) groups is 2. The zero-order valence-electron chi connectivity index (χ0n) is 19.3. The van der Waals surface area contributed by atoms with Gasteiger partial charge in [0.25, 0.3) is 5.91 Å². The van der Waals surface area contributed by atoms with Crippen LogP contribution in [0.5, 0.6) is 0 Å². The van der Waals surface area contributed by atoms with Gasteiger partial charge in [0.05, 0.1) is 6.04 Å². The van der Waals surface area contributed by atoms with Crippen LogP contribution in [0.3, 0.4) is 0 Å². The maximum Gasteiger partial charge on any atom is 0.254 e. The van der Waals surface area contributed by atoms with Gasteiger partial charge in [0, 0.05) is 28.6 Å². The monoisotopic (exact) mass is 480 g/mol. The topological polar surface area (TPSA) is 40.6 Å². The van der Waals surface area contributed by atoms with Crippen LogP contribution in [0.25, 0.3) is 0 Å². The minimum Gasteiger partial charge on any atom is -0.330 e. The van der Waals surface area contributed by atoms with Gasteiger partial charge in [0.2, 0.25) is 5.91 Å². The van der Waals surface area contributed by atoms with E-state index in [1.165, 1.54) is 16.0 Å². The van der Waals surface area contributed by atoms with Gasteiger partial charge in [-0.05, 0) is 66.1 Å². The molecule has 2 amide bonds. The van der Waals surface area contributed by atoms with E-state index in [0.717, 1.165) is 12.0 Å². The summed E-state index contributed by atoms with van der Waals surface area (Å²) in [6.45, 7) is 7.40. The molecule has 0 aliphatic carbocycles. The van der Waals surface area contributed by atoms with Crippen molar-refractivity contribution >= 4 is 34.8 Å². The molecule has 33 heavy (non-hydrogen) atoms. The second-order valence-electron chi connectivity index (χ2n) is 9.04. The zero-order valence-corrected chi connectivity index (χ0v) is 20.8. The highest BCUT2D eigenvalue weighted by Gasteiger charge is 2.34. The Balaban J connectivity index is 1.61. The first-order chi connectivity index (χ1) is 15.8. The fourth-order valence-electron chi connectivity index (χ4n) is 4.38. The molecule has 1 unspecified atom stereocenters. The minimum atomic E-state index is -0.145. The number of benzene rings is 2. The van der Waals surface area contributed by atoms with Gasteiger partial charge in [-0.25, -0.2) is 0 Å². The number of halogens is 1. The van der Waals surface area contributed by atoms with Gasteiger partial charge < -0.3 is 9.80 Å². The summed E-state index contributed by atoms with van der Waals surface area (Å²) in [6, 6.07) is 17.3. The van der Waals surface area contributed by atoms with Crippen molar-refractivity contribution in [2.75, 3.05) is 19.6 Å². The molecule has 0 saturated heterocycles. The van der Waals surface area contributed by atoms with Gasteiger partial charge in [0.1, 0.15) is 6.54 Å². The molecule has 4 nitrogen and oxygen atoms in total. The number of carbonyl (C=O) groups excluding carboxylic acids is 2. The minimum absolute atomic E-state index is 0.0274. The number of hydrogen-bond acceptors (Lipinski definition) is 3. The largest absolute Gasteiger partial charge is 0.330 e. The van der Waals surface area contributed by atoms with Gasteiger partial charge in [-0.2, -0.15) is 0 Å². The summed E-state index contributed by atoms with van der Waals surface area (Å²) in [5.74, 6) is 0.0704. The van der Waals surface area contributed by atoms with Crippen molar-refractivity contribution in [1.29, 1.82) is 0 Å². The summed E-state index contributed by atoms with van der Waals surface area (Å²) in [7, 11) is 0. The number of rotatable bonds is 6. The van der Waals surface area contributed by atoms with E-state index in [-0.39, 0.29) is 30.3 Å². The molecule has 0 saturated carbocycles. The Morgan fingerprint density at radius 3 is 2.45 bits per heavy atom. The van der Waals surface area contributed by atoms with Crippen LogP contribution < -0.4 is 0 Å². The molecular weight excluding hydrogens is 452 g/mol. The van der Waals surface area contributed by atoms with Gasteiger partial charge >= 0.3 is 0 Å². The molecule has 4 rings (SSSR count). The van der Waals surface area contributed by atoms with Crippen LogP contribution in [0, 0.1) is 12.8 Å². The van der Waals surface area contributed by atoms with E-state index in [2.05, 4.69) is 56.5 Å². The van der Waals surface area contributed by atoms with E-state index in [9.17, 15) is 9.59 Å². The highest BCUT2D eigenvalue weighted by Crippen LogP contribution is 2.38. The quantitative estimate of drug-likeness (QED) is 0.435. The number of fused-ring (bicyclic) bond motifs is 1. The van der Waals surface area contributed by atoms with E-state index in [1.54, 1.807) is 40.5 Å². The summed E-state index contributed by atoms with van der Waals surface area (Å²) in [4.78, 5) is 31.9. The molecule has 1 atom stereocenters. The number of thiophene rings is 1. The molecule has 0 fully saturated rings. The van der Waals surface area contributed by atoms with E-state index in [1.807, 2.05) is 4.90 Å². The fraction of sp³-hybridized carbons (Fsp3) is 0.333. The van der Waals surface area contributed by atoms with Gasteiger partial charge in [-0.3, -0.25) is 9.59 Å². The Hall–Kier alpha value is -2.63. The molecule has 0 spiro atoms. The van der Waals surface area contributed by atoms with Crippen LogP contribution in [0.1, 0.15) is 51.8 Å². The Morgan fingerprint density at radius 2 is 1.79 bits per heavy atom. The molecule has 0 N–H and O–H groups in total. The van der Waals surface area contributed by atoms with Gasteiger partial charge in [-0.15, -0.1) is 11.3 Å². The van der Waals surface area contributed by atoms with Crippen LogP contribution in [0.4, 0.5) is 0 Å². The second kappa shape index (κ2) is 10.1. The molecule has 172 valence electrons. The highest BCUT2D eigenvalue weighted by molar-refractivity contribution is 7.10. The van der Waals surface area contributed by atoms with E-state index in [4.69, 9.17) is 11.6 Å². The Kier molecular flexibility index (Phi) is 7.20. The third-order valence-electron chi connectivity index (χ3n) is 5.97. The molecular formula is C27H29ClN2O2S. The fourth-order valence-corrected chi connectivity index (χ4v) is 5.41. The predicted molar refractivity (Wildman–Crippen MR) is 135 cm³/mol. The Morgan fingerprint density at radius 1 is 1.09 bits per heavy atom. The maximum atomic E-state index is 13.7. The number of aryl methyl sites for hydroxylation is 1. The molecule has 6 heteroatoms. The predicted octanol–water partition coefficient (Wildman–Crippen LogP) is 5.98. The zero-order chi connectivity index (χ0) is 23.5. The van der Waals surface area contributed by atoms with E-state index < -0.39 is 0 Å². The second-order valence-corrected chi connectivity index (χ2v) is 10.5. The van der Waals surface area contributed by atoms with Crippen LogP contribution in [0.15, 0.2) is 60.0 Å². The molecule has 2 heterocycles. The third kappa shape index (κ3) is 5.31. The van der Waals surface area contributed by atoms with Gasteiger partial charge in [0.15, 0.2) is 0 Å². The molecule has 1 aliphatic heterocycles. The summed E-state index contributed by atoms with van der Waals surface area (Å²) in [5.41, 5.74) is 4.03. The molecule has 1 aliphatic rings. The summed E-state index contributed by atoms with van der Waals surface area (Å²) >= 11 is 7.75. The molecule has 3 aromatic rings. The SMILES string of the molecule is Cc1ccc(C2c3ccsc3CCN2C(=O)CN(CC(C)C)C(=O)c2ccc(Cl)cc2)cc1. The summed E-state index contributed by atoms with van der Waals surface area (Å²) in [6.07, 6.45) is 0.844. The van der Waals surface area contributed by atoms with Crippen molar-refractivity contribution in [3.63, 3.8) is 0 Å². The molecule has 1 aromatic heterocycles. The van der Waals surface area contributed by atoms with Crippen molar-refractivity contribution in [2.24, 2.45) is 5.92 Å². The number of amides is 2. The molecule has 0 radical (unpaired) electrons. The first-order valence-electron chi connectivity index (χ1n) is 11.3. The lowest BCUT2D eigenvalue weighted by atomic mass is 9.92.